The van der Waals surface area contributed by atoms with Gasteiger partial charge in [0, 0.05) is 27.6 Å². The third-order valence-corrected chi connectivity index (χ3v) is 4.59. The molecule has 2 aromatic heterocycles. The molecule has 1 amide bonds. The Balaban J connectivity index is 1.76. The molecule has 0 aliphatic rings. The van der Waals surface area contributed by atoms with Gasteiger partial charge in [-0.1, -0.05) is 11.6 Å². The Hall–Kier alpha value is -3.25. The molecule has 0 unspecified atom stereocenters. The van der Waals surface area contributed by atoms with Gasteiger partial charge < -0.3 is 19.8 Å². The molecule has 27 heavy (non-hydrogen) atoms. The molecule has 0 saturated carbocycles. The van der Waals surface area contributed by atoms with Crippen molar-refractivity contribution < 1.29 is 14.3 Å². The minimum atomic E-state index is -0.281. The van der Waals surface area contributed by atoms with Crippen molar-refractivity contribution in [2.24, 2.45) is 0 Å². The Labute approximate surface area is 160 Å². The van der Waals surface area contributed by atoms with Gasteiger partial charge in [-0.15, -0.1) is 0 Å². The second kappa shape index (κ2) is 6.81. The minimum Gasteiger partial charge on any atom is -0.493 e. The highest BCUT2D eigenvalue weighted by atomic mass is 35.5. The number of benzene rings is 2. The summed E-state index contributed by atoms with van der Waals surface area (Å²) in [7, 11) is 3.07. The van der Waals surface area contributed by atoms with Gasteiger partial charge in [0.25, 0.3) is 5.91 Å². The molecule has 0 radical (unpaired) electrons. The van der Waals surface area contributed by atoms with E-state index in [4.69, 9.17) is 21.1 Å². The number of methoxy groups -OCH3 is 2. The van der Waals surface area contributed by atoms with E-state index in [0.717, 1.165) is 21.8 Å². The number of hydrogen-bond acceptors (Lipinski definition) is 4. The van der Waals surface area contributed by atoms with Crippen molar-refractivity contribution in [2.75, 3.05) is 19.5 Å². The van der Waals surface area contributed by atoms with Crippen LogP contribution in [-0.2, 0) is 0 Å². The molecule has 2 N–H and O–H groups in total. The number of ether oxygens (including phenoxy) is 2. The number of nitrogens with one attached hydrogen (secondary N) is 2. The van der Waals surface area contributed by atoms with Crippen LogP contribution in [0.3, 0.4) is 0 Å². The monoisotopic (exact) mass is 381 g/mol. The summed E-state index contributed by atoms with van der Waals surface area (Å²) in [6.45, 7) is 0. The molecule has 0 atom stereocenters. The lowest BCUT2D eigenvalue weighted by molar-refractivity contribution is 0.102. The lowest BCUT2D eigenvalue weighted by atomic mass is 10.1. The number of amides is 1. The molecule has 6 nitrogen and oxygen atoms in total. The topological polar surface area (TPSA) is 76.2 Å². The van der Waals surface area contributed by atoms with Gasteiger partial charge in [0.15, 0.2) is 11.5 Å². The summed E-state index contributed by atoms with van der Waals surface area (Å²) in [4.78, 5) is 20.2. The van der Waals surface area contributed by atoms with E-state index in [1.165, 1.54) is 7.11 Å². The third kappa shape index (κ3) is 3.04. The van der Waals surface area contributed by atoms with E-state index < -0.39 is 0 Å². The molecule has 0 spiro atoms. The molecule has 4 rings (SSSR count). The Kier molecular flexibility index (Phi) is 4.33. The van der Waals surface area contributed by atoms with Crippen molar-refractivity contribution in [3.8, 4) is 11.5 Å². The molecule has 2 aromatic carbocycles. The molecule has 7 heteroatoms. The van der Waals surface area contributed by atoms with E-state index in [0.29, 0.717) is 27.8 Å². The first-order chi connectivity index (χ1) is 13.1. The number of pyridine rings is 1. The molecular formula is C20H16ClN3O3. The molecule has 0 aliphatic heterocycles. The molecule has 2 heterocycles. The number of H-pyrrole nitrogens is 1. The van der Waals surface area contributed by atoms with Crippen molar-refractivity contribution in [3.63, 3.8) is 0 Å². The lowest BCUT2D eigenvalue weighted by Gasteiger charge is -2.11. The first-order valence-corrected chi connectivity index (χ1v) is 8.57. The van der Waals surface area contributed by atoms with Gasteiger partial charge in [0.1, 0.15) is 0 Å². The third-order valence-electron chi connectivity index (χ3n) is 4.37. The molecule has 0 aliphatic carbocycles. The van der Waals surface area contributed by atoms with Crippen LogP contribution in [-0.4, -0.2) is 30.1 Å². The zero-order valence-electron chi connectivity index (χ0n) is 14.7. The van der Waals surface area contributed by atoms with Crippen molar-refractivity contribution in [1.29, 1.82) is 0 Å². The lowest BCUT2D eigenvalue weighted by Crippen LogP contribution is -2.12. The molecule has 0 saturated heterocycles. The summed E-state index contributed by atoms with van der Waals surface area (Å²) in [5.41, 5.74) is 2.69. The zero-order chi connectivity index (χ0) is 19.0. The van der Waals surface area contributed by atoms with Crippen molar-refractivity contribution in [3.05, 3.63) is 59.4 Å². The maximum atomic E-state index is 12.8. The van der Waals surface area contributed by atoms with Gasteiger partial charge in [0.2, 0.25) is 0 Å². The van der Waals surface area contributed by atoms with Gasteiger partial charge in [-0.3, -0.25) is 9.78 Å². The van der Waals surface area contributed by atoms with Gasteiger partial charge in [-0.2, -0.15) is 0 Å². The van der Waals surface area contributed by atoms with Crippen LogP contribution >= 0.6 is 11.6 Å². The van der Waals surface area contributed by atoms with Crippen LogP contribution in [0.25, 0.3) is 21.8 Å². The number of fused-ring (bicyclic) bond motifs is 3. The molecular weight excluding hydrogens is 366 g/mol. The van der Waals surface area contributed by atoms with Crippen LogP contribution in [0.2, 0.25) is 5.02 Å². The number of carbonyl (C=O) groups is 1. The fourth-order valence-corrected chi connectivity index (χ4v) is 3.31. The Morgan fingerprint density at radius 2 is 1.89 bits per heavy atom. The van der Waals surface area contributed by atoms with E-state index in [1.54, 1.807) is 43.8 Å². The highest BCUT2D eigenvalue weighted by Gasteiger charge is 2.15. The van der Waals surface area contributed by atoms with Crippen molar-refractivity contribution in [2.45, 2.75) is 0 Å². The van der Waals surface area contributed by atoms with Crippen LogP contribution in [0.5, 0.6) is 11.5 Å². The minimum absolute atomic E-state index is 0.281. The van der Waals surface area contributed by atoms with Crippen LogP contribution in [0.4, 0.5) is 5.69 Å². The summed E-state index contributed by atoms with van der Waals surface area (Å²) in [5.74, 6) is 0.761. The maximum Gasteiger partial charge on any atom is 0.255 e. The maximum absolute atomic E-state index is 12.8. The summed E-state index contributed by atoms with van der Waals surface area (Å²) >= 11 is 6.28. The Morgan fingerprint density at radius 3 is 2.67 bits per heavy atom. The number of carbonyl (C=O) groups excluding carboxylic acids is 1. The number of halogens is 1. The Morgan fingerprint density at radius 1 is 1.07 bits per heavy atom. The first kappa shape index (κ1) is 17.2. The molecule has 136 valence electrons. The number of anilines is 1. The van der Waals surface area contributed by atoms with Gasteiger partial charge >= 0.3 is 0 Å². The standard InChI is InChI=1S/C20H16ClN3O3/c1-26-17-4-3-11(7-18(17)27-2)20(25)24-15-9-12(21)8-14-13-5-6-22-10-16(13)23-19(14)15/h3-10,23H,1-2H3,(H,24,25). The summed E-state index contributed by atoms with van der Waals surface area (Å²) in [6.07, 6.45) is 3.46. The molecule has 0 fully saturated rings. The van der Waals surface area contributed by atoms with Gasteiger partial charge in [0.05, 0.1) is 37.1 Å². The predicted molar refractivity (Wildman–Crippen MR) is 106 cm³/mol. The van der Waals surface area contributed by atoms with Crippen LogP contribution in [0.1, 0.15) is 10.4 Å². The second-order valence-corrected chi connectivity index (χ2v) is 6.38. The van der Waals surface area contributed by atoms with E-state index in [2.05, 4.69) is 15.3 Å². The largest absolute Gasteiger partial charge is 0.493 e. The van der Waals surface area contributed by atoms with E-state index in [1.807, 2.05) is 12.1 Å². The van der Waals surface area contributed by atoms with E-state index in [-0.39, 0.29) is 5.91 Å². The predicted octanol–water partition coefficient (Wildman–Crippen LogP) is 4.64. The summed E-state index contributed by atoms with van der Waals surface area (Å²) < 4.78 is 10.5. The number of aromatic nitrogens is 2. The summed E-state index contributed by atoms with van der Waals surface area (Å²) in [5, 5.41) is 5.36. The number of nitrogens with zero attached hydrogens (tertiary/aromatic N) is 1. The van der Waals surface area contributed by atoms with Gasteiger partial charge in [-0.05, 0) is 36.4 Å². The first-order valence-electron chi connectivity index (χ1n) is 8.19. The SMILES string of the molecule is COc1ccc(C(=O)Nc2cc(Cl)cc3c2[nH]c2cnccc23)cc1OC. The second-order valence-electron chi connectivity index (χ2n) is 5.95. The molecule has 4 aromatic rings. The van der Waals surface area contributed by atoms with Gasteiger partial charge in [-0.25, -0.2) is 0 Å². The summed E-state index contributed by atoms with van der Waals surface area (Å²) in [6, 6.07) is 10.5. The highest BCUT2D eigenvalue weighted by Crippen LogP contribution is 2.34. The average molecular weight is 382 g/mol. The van der Waals surface area contributed by atoms with E-state index in [9.17, 15) is 4.79 Å². The van der Waals surface area contributed by atoms with Crippen molar-refractivity contribution >= 4 is 45.0 Å². The fraction of sp³-hybridized carbons (Fsp3) is 0.100. The number of hydrogen-bond donors (Lipinski definition) is 2. The average Bonchev–Trinajstić information content (AvgIpc) is 3.06. The van der Waals surface area contributed by atoms with Crippen LogP contribution in [0.15, 0.2) is 48.8 Å². The van der Waals surface area contributed by atoms with Crippen LogP contribution in [0, 0.1) is 0 Å². The smallest absolute Gasteiger partial charge is 0.255 e. The number of aromatic amines is 1. The highest BCUT2D eigenvalue weighted by molar-refractivity contribution is 6.33. The molecule has 0 bridgehead atoms. The van der Waals surface area contributed by atoms with E-state index >= 15 is 0 Å². The van der Waals surface area contributed by atoms with Crippen molar-refractivity contribution in [1.82, 2.24) is 9.97 Å². The fourth-order valence-electron chi connectivity index (χ4n) is 3.09. The normalized spacial score (nSPS) is 10.9. The Bertz CT molecular complexity index is 1170. The number of rotatable bonds is 4. The van der Waals surface area contributed by atoms with Crippen LogP contribution < -0.4 is 14.8 Å². The zero-order valence-corrected chi connectivity index (χ0v) is 15.4. The quantitative estimate of drug-likeness (QED) is 0.540.